The molecule has 0 aromatic heterocycles. The summed E-state index contributed by atoms with van der Waals surface area (Å²) in [5.41, 5.74) is 0. The maximum Gasteiger partial charge on any atom is 0.210 e. The maximum atomic E-state index is 13.2. The van der Waals surface area contributed by atoms with E-state index in [1.54, 1.807) is 0 Å². The summed E-state index contributed by atoms with van der Waals surface area (Å²) in [7, 11) is -8.08. The molecule has 0 fully saturated rings. The molecule has 30 heavy (non-hydrogen) atoms. The van der Waals surface area contributed by atoms with Crippen molar-refractivity contribution in [1.82, 2.24) is 0 Å². The highest BCUT2D eigenvalue weighted by atomic mass is 35.5. The number of halogens is 2. The Morgan fingerprint density at radius 2 is 1.20 bits per heavy atom. The topological polar surface area (TPSA) is 77.5 Å². The third-order valence-electron chi connectivity index (χ3n) is 4.12. The summed E-state index contributed by atoms with van der Waals surface area (Å²) < 4.78 is 58.0. The van der Waals surface area contributed by atoms with Crippen LogP contribution in [-0.2, 0) is 19.7 Å². The molecule has 0 aliphatic heterocycles. The zero-order chi connectivity index (χ0) is 21.9. The molecular weight excluding hydrogens is 467 g/mol. The second kappa shape index (κ2) is 8.81. The monoisotopic (exact) mass is 482 g/mol. The van der Waals surface area contributed by atoms with E-state index in [0.29, 0.717) is 10.0 Å². The van der Waals surface area contributed by atoms with Crippen LogP contribution in [0.4, 0.5) is 0 Å². The van der Waals surface area contributed by atoms with Crippen molar-refractivity contribution in [3.05, 3.63) is 89.4 Å². The van der Waals surface area contributed by atoms with E-state index in [1.807, 2.05) is 0 Å². The quantitative estimate of drug-likeness (QED) is 0.431. The molecule has 0 bridgehead atoms. The molecule has 0 aliphatic carbocycles. The average Bonchev–Trinajstić information content (AvgIpc) is 2.72. The van der Waals surface area contributed by atoms with Gasteiger partial charge in [-0.3, -0.25) is 0 Å². The van der Waals surface area contributed by atoms with E-state index in [-0.39, 0.29) is 31.9 Å². The third-order valence-corrected chi connectivity index (χ3v) is 8.18. The van der Waals surface area contributed by atoms with Crippen molar-refractivity contribution >= 4 is 42.9 Å². The molecule has 0 atom stereocenters. The van der Waals surface area contributed by atoms with Gasteiger partial charge < -0.3 is 4.74 Å². The summed E-state index contributed by atoms with van der Waals surface area (Å²) in [5, 5.41) is 0.754. The molecule has 3 aromatic carbocycles. The van der Waals surface area contributed by atoms with Gasteiger partial charge >= 0.3 is 0 Å². The Bertz CT molecular complexity index is 1280. The lowest BCUT2D eigenvalue weighted by atomic mass is 10.3. The number of hydrogen-bond donors (Lipinski definition) is 0. The largest absolute Gasteiger partial charge is 0.488 e. The van der Waals surface area contributed by atoms with Crippen LogP contribution < -0.4 is 4.74 Å². The van der Waals surface area contributed by atoms with E-state index in [1.165, 1.54) is 66.7 Å². The minimum atomic E-state index is -4.09. The number of hydrogen-bond acceptors (Lipinski definition) is 5. The molecule has 3 aromatic rings. The number of sulfone groups is 2. The van der Waals surface area contributed by atoms with E-state index in [2.05, 4.69) is 6.58 Å². The lowest BCUT2D eigenvalue weighted by Gasteiger charge is -2.14. The van der Waals surface area contributed by atoms with Crippen LogP contribution in [0.3, 0.4) is 0 Å². The molecule has 0 amide bonds. The van der Waals surface area contributed by atoms with Crippen molar-refractivity contribution in [2.24, 2.45) is 0 Å². The normalized spacial score (nSPS) is 11.8. The van der Waals surface area contributed by atoms with Gasteiger partial charge in [-0.15, -0.1) is 0 Å². The summed E-state index contributed by atoms with van der Waals surface area (Å²) in [4.78, 5) is -0.525. The first-order chi connectivity index (χ1) is 14.2. The van der Waals surface area contributed by atoms with Crippen molar-refractivity contribution in [1.29, 1.82) is 0 Å². The molecule has 0 radical (unpaired) electrons. The Labute approximate surface area is 185 Å². The van der Waals surface area contributed by atoms with Crippen LogP contribution in [0, 0.1) is 0 Å². The highest BCUT2D eigenvalue weighted by Crippen LogP contribution is 2.34. The van der Waals surface area contributed by atoms with Gasteiger partial charge in [0.25, 0.3) is 0 Å². The molecule has 0 aliphatic rings. The second-order valence-corrected chi connectivity index (χ2v) is 10.9. The molecule has 0 saturated heterocycles. The maximum absolute atomic E-state index is 13.2. The lowest BCUT2D eigenvalue weighted by Crippen LogP contribution is -2.09. The van der Waals surface area contributed by atoms with Crippen LogP contribution in [-0.4, -0.2) is 23.4 Å². The third kappa shape index (κ3) is 4.54. The van der Waals surface area contributed by atoms with E-state index in [9.17, 15) is 16.8 Å². The predicted octanol–water partition coefficient (Wildman–Crippen LogP) is 5.22. The number of benzene rings is 3. The summed E-state index contributed by atoms with van der Waals surface area (Å²) in [6.45, 7) is 3.59. The standard InChI is InChI=1S/C21H16Cl2O5S2/c1-2-13-28-20-12-11-19(29(24,25)17-7-3-15(22)4-8-17)14-21(20)30(26,27)18-9-5-16(23)6-10-18/h2-12,14H,1,13H2. The van der Waals surface area contributed by atoms with Crippen LogP contribution in [0.1, 0.15) is 0 Å². The minimum absolute atomic E-state index is 0.0125. The number of rotatable bonds is 7. The van der Waals surface area contributed by atoms with Gasteiger partial charge in [0, 0.05) is 10.0 Å². The van der Waals surface area contributed by atoms with E-state index >= 15 is 0 Å². The van der Waals surface area contributed by atoms with Crippen LogP contribution in [0.15, 0.2) is 99.0 Å². The molecule has 0 N–H and O–H groups in total. The van der Waals surface area contributed by atoms with Gasteiger partial charge in [-0.2, -0.15) is 0 Å². The zero-order valence-corrected chi connectivity index (χ0v) is 18.6. The van der Waals surface area contributed by atoms with Gasteiger partial charge in [0.1, 0.15) is 17.3 Å². The summed E-state index contributed by atoms with van der Waals surface area (Å²) in [6.07, 6.45) is 1.46. The summed E-state index contributed by atoms with van der Waals surface area (Å²) >= 11 is 11.7. The van der Waals surface area contributed by atoms with E-state index in [0.717, 1.165) is 6.07 Å². The fourth-order valence-electron chi connectivity index (χ4n) is 2.62. The van der Waals surface area contributed by atoms with Crippen molar-refractivity contribution in [3.63, 3.8) is 0 Å². The van der Waals surface area contributed by atoms with Crippen LogP contribution in [0.2, 0.25) is 10.0 Å². The fraction of sp³-hybridized carbons (Fsp3) is 0.0476. The zero-order valence-electron chi connectivity index (χ0n) is 15.5. The first kappa shape index (κ1) is 22.4. The Hall–Kier alpha value is -2.32. The molecule has 5 nitrogen and oxygen atoms in total. The minimum Gasteiger partial charge on any atom is -0.488 e. The summed E-state index contributed by atoms with van der Waals surface area (Å²) in [5.74, 6) is 0.0138. The number of ether oxygens (including phenoxy) is 1. The highest BCUT2D eigenvalue weighted by Gasteiger charge is 2.27. The Morgan fingerprint density at radius 1 is 0.733 bits per heavy atom. The molecule has 156 valence electrons. The van der Waals surface area contributed by atoms with E-state index in [4.69, 9.17) is 27.9 Å². The van der Waals surface area contributed by atoms with Crippen LogP contribution >= 0.6 is 23.2 Å². The van der Waals surface area contributed by atoms with Gasteiger partial charge in [0.2, 0.25) is 19.7 Å². The Balaban J connectivity index is 2.18. The Kier molecular flexibility index (Phi) is 6.57. The first-order valence-corrected chi connectivity index (χ1v) is 12.3. The Morgan fingerprint density at radius 3 is 1.70 bits per heavy atom. The molecule has 3 rings (SSSR count). The average molecular weight is 483 g/mol. The van der Waals surface area contributed by atoms with Crippen LogP contribution in [0.25, 0.3) is 0 Å². The van der Waals surface area contributed by atoms with Gasteiger partial charge in [-0.25, -0.2) is 16.8 Å². The fourth-order valence-corrected chi connectivity index (χ4v) is 5.66. The smallest absolute Gasteiger partial charge is 0.210 e. The van der Waals surface area contributed by atoms with Crippen molar-refractivity contribution in [3.8, 4) is 5.75 Å². The molecular formula is C21H16Cl2O5S2. The van der Waals surface area contributed by atoms with Gasteiger partial charge in [-0.05, 0) is 66.7 Å². The lowest BCUT2D eigenvalue weighted by molar-refractivity contribution is 0.353. The highest BCUT2D eigenvalue weighted by molar-refractivity contribution is 7.92. The molecule has 0 saturated carbocycles. The van der Waals surface area contributed by atoms with Gasteiger partial charge in [-0.1, -0.05) is 35.9 Å². The molecule has 9 heteroatoms. The SMILES string of the molecule is C=CCOc1ccc(S(=O)(=O)c2ccc(Cl)cc2)cc1S(=O)(=O)c1ccc(Cl)cc1. The van der Waals surface area contributed by atoms with Crippen molar-refractivity contribution < 1.29 is 21.6 Å². The first-order valence-electron chi connectivity index (χ1n) is 8.55. The molecule has 0 spiro atoms. The summed E-state index contributed by atoms with van der Waals surface area (Å²) in [6, 6.07) is 14.9. The second-order valence-electron chi connectivity index (χ2n) is 6.12. The van der Waals surface area contributed by atoms with Crippen molar-refractivity contribution in [2.45, 2.75) is 19.6 Å². The molecule has 0 unspecified atom stereocenters. The van der Waals surface area contributed by atoms with E-state index < -0.39 is 19.7 Å². The predicted molar refractivity (Wildman–Crippen MR) is 116 cm³/mol. The molecule has 0 heterocycles. The van der Waals surface area contributed by atoms with Gasteiger partial charge in [0.05, 0.1) is 14.7 Å². The van der Waals surface area contributed by atoms with Gasteiger partial charge in [0.15, 0.2) is 0 Å². The van der Waals surface area contributed by atoms with Crippen LogP contribution in [0.5, 0.6) is 5.75 Å². The van der Waals surface area contributed by atoms with Crippen molar-refractivity contribution in [2.75, 3.05) is 6.61 Å².